The lowest BCUT2D eigenvalue weighted by molar-refractivity contribution is 0.628. The van der Waals surface area contributed by atoms with Crippen LogP contribution in [0.5, 0.6) is 0 Å². The van der Waals surface area contributed by atoms with Crippen LogP contribution in [-0.4, -0.2) is 16.2 Å². The van der Waals surface area contributed by atoms with Crippen LogP contribution in [0.4, 0.5) is 9.52 Å². The van der Waals surface area contributed by atoms with Crippen molar-refractivity contribution in [3.8, 4) is 11.3 Å². The third-order valence-corrected chi connectivity index (χ3v) is 3.45. The molecule has 0 radical (unpaired) electrons. The summed E-state index contributed by atoms with van der Waals surface area (Å²) in [6, 6.07) is 9.99. The maximum atomic E-state index is 12.9. The van der Waals surface area contributed by atoms with E-state index < -0.39 is 0 Å². The molecular weight excluding hydrogens is 287 g/mol. The van der Waals surface area contributed by atoms with E-state index in [2.05, 4.69) is 20.5 Å². The van der Waals surface area contributed by atoms with E-state index in [0.717, 1.165) is 16.8 Å². The van der Waals surface area contributed by atoms with Gasteiger partial charge in [-0.25, -0.2) is 9.37 Å². The molecule has 3 aromatic rings. The molecule has 0 bridgehead atoms. The summed E-state index contributed by atoms with van der Waals surface area (Å²) in [7, 11) is 0. The summed E-state index contributed by atoms with van der Waals surface area (Å²) in [5.41, 5.74) is 5.44. The molecule has 0 unspecified atom stereocenters. The fraction of sp³-hybridized carbons (Fsp3) is 0. The van der Waals surface area contributed by atoms with Crippen molar-refractivity contribution in [1.29, 1.82) is 0 Å². The normalized spacial score (nSPS) is 10.9. The van der Waals surface area contributed by atoms with Gasteiger partial charge in [-0.1, -0.05) is 6.07 Å². The smallest absolute Gasteiger partial charge is 0.203 e. The minimum absolute atomic E-state index is 0.256. The third kappa shape index (κ3) is 3.49. The number of hydrogen-bond acceptors (Lipinski definition) is 5. The highest BCUT2D eigenvalue weighted by Gasteiger charge is 2.03. The average Bonchev–Trinajstić information content (AvgIpc) is 2.98. The Balaban J connectivity index is 1.68. The minimum Gasteiger partial charge on any atom is -0.264 e. The molecule has 0 saturated carbocycles. The summed E-state index contributed by atoms with van der Waals surface area (Å²) >= 11 is 1.44. The van der Waals surface area contributed by atoms with Crippen LogP contribution >= 0.6 is 11.3 Å². The van der Waals surface area contributed by atoms with E-state index in [-0.39, 0.29) is 5.82 Å². The van der Waals surface area contributed by atoms with Gasteiger partial charge < -0.3 is 0 Å². The zero-order valence-electron chi connectivity index (χ0n) is 10.9. The topological polar surface area (TPSA) is 50.2 Å². The fourth-order valence-corrected chi connectivity index (χ4v) is 2.36. The van der Waals surface area contributed by atoms with E-state index in [1.165, 1.54) is 23.5 Å². The highest BCUT2D eigenvalue weighted by atomic mass is 32.1. The second-order valence-electron chi connectivity index (χ2n) is 4.20. The number of hydrogen-bond donors (Lipinski definition) is 1. The maximum Gasteiger partial charge on any atom is 0.203 e. The lowest BCUT2D eigenvalue weighted by Gasteiger charge is -1.96. The summed E-state index contributed by atoms with van der Waals surface area (Å²) < 4.78 is 12.9. The molecule has 0 atom stereocenters. The maximum absolute atomic E-state index is 12.9. The molecule has 0 fully saturated rings. The molecule has 1 N–H and O–H groups in total. The van der Waals surface area contributed by atoms with E-state index in [1.807, 2.05) is 17.5 Å². The van der Waals surface area contributed by atoms with Crippen molar-refractivity contribution in [3.05, 3.63) is 65.6 Å². The second kappa shape index (κ2) is 6.23. The standard InChI is InChI=1S/C15H11FN4S/c16-13-5-3-12(4-6-13)14-10-21-15(19-14)20-18-9-11-2-1-7-17-8-11/h1-10H,(H,19,20)/b18-9-. The number of benzene rings is 1. The number of anilines is 1. The van der Waals surface area contributed by atoms with E-state index in [1.54, 1.807) is 30.7 Å². The Hall–Kier alpha value is -2.60. The zero-order valence-corrected chi connectivity index (χ0v) is 11.7. The van der Waals surface area contributed by atoms with Crippen molar-refractivity contribution in [2.45, 2.75) is 0 Å². The first-order chi connectivity index (χ1) is 10.3. The average molecular weight is 298 g/mol. The van der Waals surface area contributed by atoms with Gasteiger partial charge in [-0.15, -0.1) is 11.3 Å². The van der Waals surface area contributed by atoms with Gasteiger partial charge in [-0.2, -0.15) is 5.10 Å². The van der Waals surface area contributed by atoms with Crippen LogP contribution in [-0.2, 0) is 0 Å². The van der Waals surface area contributed by atoms with E-state index in [0.29, 0.717) is 5.13 Å². The molecule has 2 aromatic heterocycles. The van der Waals surface area contributed by atoms with E-state index >= 15 is 0 Å². The number of nitrogens with zero attached hydrogens (tertiary/aromatic N) is 3. The molecule has 0 spiro atoms. The molecule has 21 heavy (non-hydrogen) atoms. The van der Waals surface area contributed by atoms with Crippen molar-refractivity contribution in [3.63, 3.8) is 0 Å². The summed E-state index contributed by atoms with van der Waals surface area (Å²) in [4.78, 5) is 8.40. The minimum atomic E-state index is -0.256. The number of nitrogens with one attached hydrogen (secondary N) is 1. The summed E-state index contributed by atoms with van der Waals surface area (Å²) in [6.07, 6.45) is 5.10. The van der Waals surface area contributed by atoms with Crippen molar-refractivity contribution < 1.29 is 4.39 Å². The van der Waals surface area contributed by atoms with E-state index in [4.69, 9.17) is 0 Å². The van der Waals surface area contributed by atoms with Gasteiger partial charge in [0.15, 0.2) is 0 Å². The SMILES string of the molecule is Fc1ccc(-c2csc(N/N=C\c3cccnc3)n2)cc1. The molecule has 104 valence electrons. The Morgan fingerprint density at radius 2 is 2.05 bits per heavy atom. The molecule has 4 nitrogen and oxygen atoms in total. The highest BCUT2D eigenvalue weighted by Crippen LogP contribution is 2.24. The summed E-state index contributed by atoms with van der Waals surface area (Å²) in [5.74, 6) is -0.256. The molecule has 1 aromatic carbocycles. The molecule has 0 saturated heterocycles. The Morgan fingerprint density at radius 3 is 2.81 bits per heavy atom. The largest absolute Gasteiger partial charge is 0.264 e. The molecule has 3 rings (SSSR count). The first kappa shape index (κ1) is 13.4. The number of pyridine rings is 1. The van der Waals surface area contributed by atoms with Crippen molar-refractivity contribution in [2.75, 3.05) is 5.43 Å². The Labute approximate surface area is 125 Å². The van der Waals surface area contributed by atoms with Crippen LogP contribution in [0, 0.1) is 5.82 Å². The number of aromatic nitrogens is 2. The van der Waals surface area contributed by atoms with Gasteiger partial charge >= 0.3 is 0 Å². The van der Waals surface area contributed by atoms with Crippen molar-refractivity contribution >= 4 is 22.7 Å². The number of thiazole rings is 1. The van der Waals surface area contributed by atoms with Crippen LogP contribution in [0.1, 0.15) is 5.56 Å². The predicted octanol–water partition coefficient (Wildman–Crippen LogP) is 3.79. The monoisotopic (exact) mass is 298 g/mol. The Bertz CT molecular complexity index is 738. The molecule has 6 heteroatoms. The molecule has 0 aliphatic rings. The molecular formula is C15H11FN4S. The van der Waals surface area contributed by atoms with Gasteiger partial charge in [-0.05, 0) is 30.3 Å². The van der Waals surface area contributed by atoms with Gasteiger partial charge in [0.1, 0.15) is 5.82 Å². The lowest BCUT2D eigenvalue weighted by Crippen LogP contribution is -1.90. The van der Waals surface area contributed by atoms with Crippen LogP contribution in [0.15, 0.2) is 59.3 Å². The first-order valence-electron chi connectivity index (χ1n) is 6.22. The van der Waals surface area contributed by atoms with Gasteiger partial charge in [-0.3, -0.25) is 10.4 Å². The molecule has 0 aliphatic carbocycles. The van der Waals surface area contributed by atoms with Crippen LogP contribution in [0.2, 0.25) is 0 Å². The van der Waals surface area contributed by atoms with Crippen molar-refractivity contribution in [2.24, 2.45) is 5.10 Å². The Kier molecular flexibility index (Phi) is 3.97. The molecule has 2 heterocycles. The third-order valence-electron chi connectivity index (χ3n) is 2.70. The summed E-state index contributed by atoms with van der Waals surface area (Å²) in [5, 5.41) is 6.68. The number of rotatable bonds is 4. The second-order valence-corrected chi connectivity index (χ2v) is 5.06. The molecule has 0 amide bonds. The van der Waals surface area contributed by atoms with Crippen LogP contribution < -0.4 is 5.43 Å². The summed E-state index contributed by atoms with van der Waals surface area (Å²) in [6.45, 7) is 0. The highest BCUT2D eigenvalue weighted by molar-refractivity contribution is 7.14. The lowest BCUT2D eigenvalue weighted by atomic mass is 10.2. The van der Waals surface area contributed by atoms with Crippen LogP contribution in [0.3, 0.4) is 0 Å². The van der Waals surface area contributed by atoms with Gasteiger partial charge in [0.05, 0.1) is 11.9 Å². The predicted molar refractivity (Wildman–Crippen MR) is 83.0 cm³/mol. The van der Waals surface area contributed by atoms with Crippen LogP contribution in [0.25, 0.3) is 11.3 Å². The van der Waals surface area contributed by atoms with Gasteiger partial charge in [0, 0.05) is 28.9 Å². The fourth-order valence-electron chi connectivity index (χ4n) is 1.69. The number of halogens is 1. The molecule has 0 aliphatic heterocycles. The van der Waals surface area contributed by atoms with Gasteiger partial charge in [0.2, 0.25) is 5.13 Å². The zero-order chi connectivity index (χ0) is 14.5. The van der Waals surface area contributed by atoms with E-state index in [9.17, 15) is 4.39 Å². The number of hydrazone groups is 1. The van der Waals surface area contributed by atoms with Gasteiger partial charge in [0.25, 0.3) is 0 Å². The van der Waals surface area contributed by atoms with Crippen molar-refractivity contribution in [1.82, 2.24) is 9.97 Å². The quantitative estimate of drug-likeness (QED) is 0.589. The first-order valence-corrected chi connectivity index (χ1v) is 7.10. The Morgan fingerprint density at radius 1 is 1.19 bits per heavy atom.